The van der Waals surface area contributed by atoms with Crippen LogP contribution in [0.4, 0.5) is 5.69 Å². The quantitative estimate of drug-likeness (QED) is 0.345. The van der Waals surface area contributed by atoms with Gasteiger partial charge < -0.3 is 24.1 Å². The van der Waals surface area contributed by atoms with Crippen molar-refractivity contribution in [1.29, 1.82) is 5.26 Å². The third-order valence-corrected chi connectivity index (χ3v) is 4.87. The number of hydrogen-bond acceptors (Lipinski definition) is 6. The monoisotopic (exact) mass is 439 g/mol. The zero-order valence-corrected chi connectivity index (χ0v) is 19.1. The van der Waals surface area contributed by atoms with Gasteiger partial charge in [-0.15, -0.1) is 0 Å². The van der Waals surface area contributed by atoms with Crippen molar-refractivity contribution in [2.24, 2.45) is 0 Å². The minimum absolute atomic E-state index is 0.189. The second kappa shape index (κ2) is 11.7. The fourth-order valence-corrected chi connectivity index (χ4v) is 3.16. The van der Waals surface area contributed by atoms with Crippen LogP contribution >= 0.6 is 0 Å². The van der Waals surface area contributed by atoms with Gasteiger partial charge in [-0.05, 0) is 57.5 Å². The Morgan fingerprint density at radius 3 is 2.66 bits per heavy atom. The van der Waals surface area contributed by atoms with Crippen LogP contribution in [0.5, 0.6) is 5.75 Å². The molecule has 170 valence electrons. The first-order chi connectivity index (χ1) is 15.3. The molecule has 1 aromatic carbocycles. The predicted molar refractivity (Wildman–Crippen MR) is 121 cm³/mol. The molecule has 2 rings (SSSR count). The normalized spacial score (nSPS) is 12.1. The van der Waals surface area contributed by atoms with Crippen LogP contribution in [0.25, 0.3) is 6.08 Å². The van der Waals surface area contributed by atoms with Gasteiger partial charge in [-0.1, -0.05) is 12.1 Å². The van der Waals surface area contributed by atoms with Crippen LogP contribution in [-0.4, -0.2) is 42.9 Å². The number of aryl methyl sites for hydroxylation is 1. The Morgan fingerprint density at radius 1 is 1.28 bits per heavy atom. The van der Waals surface area contributed by atoms with Gasteiger partial charge in [-0.3, -0.25) is 4.79 Å². The van der Waals surface area contributed by atoms with Crippen molar-refractivity contribution < 1.29 is 23.8 Å². The fourth-order valence-electron chi connectivity index (χ4n) is 3.16. The molecule has 8 heteroatoms. The summed E-state index contributed by atoms with van der Waals surface area (Å²) < 4.78 is 17.9. The molecule has 0 aliphatic heterocycles. The van der Waals surface area contributed by atoms with Crippen molar-refractivity contribution >= 4 is 23.6 Å². The number of rotatable bonds is 10. The van der Waals surface area contributed by atoms with Crippen LogP contribution in [0, 0.1) is 25.2 Å². The maximum atomic E-state index is 12.5. The van der Waals surface area contributed by atoms with E-state index < -0.39 is 18.0 Å². The van der Waals surface area contributed by atoms with Gasteiger partial charge in [0.05, 0.1) is 18.9 Å². The van der Waals surface area contributed by atoms with Crippen LogP contribution < -0.4 is 10.1 Å². The minimum Gasteiger partial charge on any atom is -0.492 e. The molecule has 1 atom stereocenters. The van der Waals surface area contributed by atoms with Crippen molar-refractivity contribution in [3.63, 3.8) is 0 Å². The largest absolute Gasteiger partial charge is 0.492 e. The Bertz CT molecular complexity index is 1030. The molecule has 1 aromatic heterocycles. The average Bonchev–Trinajstić information content (AvgIpc) is 3.04. The Morgan fingerprint density at radius 2 is 2.00 bits per heavy atom. The smallest absolute Gasteiger partial charge is 0.349 e. The predicted octanol–water partition coefficient (Wildman–Crippen LogP) is 3.63. The summed E-state index contributed by atoms with van der Waals surface area (Å²) in [7, 11) is 1.63. The molecule has 8 nitrogen and oxygen atoms in total. The van der Waals surface area contributed by atoms with Gasteiger partial charge in [0.25, 0.3) is 5.91 Å². The maximum Gasteiger partial charge on any atom is 0.349 e. The van der Waals surface area contributed by atoms with Gasteiger partial charge >= 0.3 is 5.97 Å². The maximum absolute atomic E-state index is 12.5. The van der Waals surface area contributed by atoms with Gasteiger partial charge in [0.2, 0.25) is 0 Å². The highest BCUT2D eigenvalue weighted by molar-refractivity contribution is 6.01. The number of carbonyl (C=O) groups excluding carboxylic acids is 2. The van der Waals surface area contributed by atoms with Crippen LogP contribution in [0.2, 0.25) is 0 Å². The number of amides is 1. The Balaban J connectivity index is 2.11. The van der Waals surface area contributed by atoms with Gasteiger partial charge in [0.15, 0.2) is 6.10 Å². The summed E-state index contributed by atoms with van der Waals surface area (Å²) in [5.41, 5.74) is 2.90. The topological polar surface area (TPSA) is 103 Å². The summed E-state index contributed by atoms with van der Waals surface area (Å²) in [6, 6.07) is 10.7. The Kier molecular flexibility index (Phi) is 9.05. The van der Waals surface area contributed by atoms with Crippen molar-refractivity contribution in [3.8, 4) is 11.8 Å². The number of ether oxygens (including phenoxy) is 3. The first-order valence-electron chi connectivity index (χ1n) is 10.3. The van der Waals surface area contributed by atoms with E-state index in [1.165, 1.54) is 13.0 Å². The molecule has 2 aromatic rings. The molecule has 32 heavy (non-hydrogen) atoms. The first kappa shape index (κ1) is 24.7. The van der Waals surface area contributed by atoms with E-state index in [0.29, 0.717) is 31.2 Å². The SMILES string of the molecule is CCOc1ccccc1NC(=O)C(C)OC(=O)/C(C#N)=C/c1cc(C)n(CCOC)c1C. The number of nitriles is 1. The van der Waals surface area contributed by atoms with E-state index in [1.807, 2.05) is 37.5 Å². The zero-order valence-electron chi connectivity index (χ0n) is 19.1. The molecule has 0 fully saturated rings. The second-order valence-corrected chi connectivity index (χ2v) is 7.11. The number of nitrogens with one attached hydrogen (secondary N) is 1. The summed E-state index contributed by atoms with van der Waals surface area (Å²) in [4.78, 5) is 25.1. The zero-order chi connectivity index (χ0) is 23.7. The van der Waals surface area contributed by atoms with E-state index >= 15 is 0 Å². The third-order valence-electron chi connectivity index (χ3n) is 4.87. The highest BCUT2D eigenvalue weighted by Crippen LogP contribution is 2.24. The molecular formula is C24H29N3O5. The van der Waals surface area contributed by atoms with Crippen molar-refractivity contribution in [3.05, 3.63) is 52.9 Å². The molecule has 0 saturated heterocycles. The molecular weight excluding hydrogens is 410 g/mol. The standard InChI is InChI=1S/C24H29N3O5/c1-6-31-22-10-8-7-9-21(22)26-23(28)18(4)32-24(29)20(15-25)14-19-13-16(2)27(17(19)3)11-12-30-5/h7-10,13-14,18H,6,11-12H2,1-5H3,(H,26,28)/b20-14+. The summed E-state index contributed by atoms with van der Waals surface area (Å²) in [5, 5.41) is 12.2. The Hall–Kier alpha value is -3.57. The molecule has 1 heterocycles. The first-order valence-corrected chi connectivity index (χ1v) is 10.3. The van der Waals surface area contributed by atoms with Crippen LogP contribution in [0.1, 0.15) is 30.8 Å². The lowest BCUT2D eigenvalue weighted by molar-refractivity contribution is -0.148. The van der Waals surface area contributed by atoms with Crippen LogP contribution in [0.3, 0.4) is 0 Å². The molecule has 1 amide bonds. The lowest BCUT2D eigenvalue weighted by atomic mass is 10.1. The summed E-state index contributed by atoms with van der Waals surface area (Å²) in [5.74, 6) is -0.876. The Labute approximate surface area is 188 Å². The van der Waals surface area contributed by atoms with Gasteiger partial charge in [-0.2, -0.15) is 5.26 Å². The number of benzene rings is 1. The summed E-state index contributed by atoms with van der Waals surface area (Å²) >= 11 is 0. The number of carbonyl (C=O) groups is 2. The second-order valence-electron chi connectivity index (χ2n) is 7.11. The number of anilines is 1. The molecule has 0 saturated carbocycles. The molecule has 0 spiro atoms. The molecule has 0 aliphatic carbocycles. The van der Waals surface area contributed by atoms with E-state index in [1.54, 1.807) is 31.4 Å². The third kappa shape index (κ3) is 6.22. The lowest BCUT2D eigenvalue weighted by Gasteiger charge is -2.15. The molecule has 1 unspecified atom stereocenters. The van der Waals surface area contributed by atoms with E-state index in [9.17, 15) is 14.9 Å². The van der Waals surface area contributed by atoms with E-state index in [0.717, 1.165) is 17.0 Å². The van der Waals surface area contributed by atoms with Crippen LogP contribution in [-0.2, 0) is 25.6 Å². The van der Waals surface area contributed by atoms with Crippen LogP contribution in [0.15, 0.2) is 35.9 Å². The number of nitrogens with zero attached hydrogens (tertiary/aromatic N) is 2. The van der Waals surface area contributed by atoms with E-state index in [4.69, 9.17) is 14.2 Å². The van der Waals surface area contributed by atoms with Gasteiger partial charge in [0.1, 0.15) is 17.4 Å². The lowest BCUT2D eigenvalue weighted by Crippen LogP contribution is -2.30. The van der Waals surface area contributed by atoms with Crippen molar-refractivity contribution in [2.75, 3.05) is 25.6 Å². The van der Waals surface area contributed by atoms with Gasteiger partial charge in [-0.25, -0.2) is 4.79 Å². The number of hydrogen-bond donors (Lipinski definition) is 1. The number of para-hydroxylation sites is 2. The molecule has 0 aliphatic rings. The van der Waals surface area contributed by atoms with Crippen molar-refractivity contribution in [2.45, 2.75) is 40.3 Å². The summed E-state index contributed by atoms with van der Waals surface area (Å²) in [6.45, 7) is 8.79. The fraction of sp³-hybridized carbons (Fsp3) is 0.375. The number of methoxy groups -OCH3 is 1. The average molecular weight is 440 g/mol. The highest BCUT2D eigenvalue weighted by atomic mass is 16.5. The molecule has 0 radical (unpaired) electrons. The minimum atomic E-state index is -1.11. The van der Waals surface area contributed by atoms with E-state index in [2.05, 4.69) is 5.32 Å². The number of aromatic nitrogens is 1. The van der Waals surface area contributed by atoms with E-state index in [-0.39, 0.29) is 5.57 Å². The van der Waals surface area contributed by atoms with Gasteiger partial charge in [0, 0.05) is 25.0 Å². The molecule has 1 N–H and O–H groups in total. The van der Waals surface area contributed by atoms with Crippen molar-refractivity contribution in [1.82, 2.24) is 4.57 Å². The number of esters is 1. The molecule has 0 bridgehead atoms. The summed E-state index contributed by atoms with van der Waals surface area (Å²) in [6.07, 6.45) is 0.367. The highest BCUT2D eigenvalue weighted by Gasteiger charge is 2.22.